The van der Waals surface area contributed by atoms with Crippen LogP contribution in [-0.2, 0) is 42.0 Å². The van der Waals surface area contributed by atoms with Crippen LogP contribution in [0.4, 0.5) is 0 Å². The quantitative estimate of drug-likeness (QED) is 0.136. The highest BCUT2D eigenvalue weighted by atomic mass is 36.0. The molecule has 0 unspecified atom stereocenters. The maximum absolute atomic E-state index is 13.0. The molecule has 6 aromatic rings. The molecule has 324 valence electrons. The molecule has 0 fully saturated rings. The predicted octanol–water partition coefficient (Wildman–Crippen LogP) is 5.48. The van der Waals surface area contributed by atoms with E-state index in [1.54, 1.807) is 24.3 Å². The van der Waals surface area contributed by atoms with Crippen LogP contribution in [-0.4, -0.2) is 95.3 Å². The maximum Gasteiger partial charge on any atom is 0.317 e. The number of fused-ring (bicyclic) bond motifs is 2. The number of methoxy groups -OCH3 is 4. The van der Waals surface area contributed by atoms with Crippen LogP contribution in [0.1, 0.15) is 7.43 Å². The molecule has 0 spiro atoms. The Balaban J connectivity index is 0.000000284. The van der Waals surface area contributed by atoms with E-state index in [2.05, 4.69) is 41.3 Å². The first kappa shape index (κ1) is 49.6. The molecule has 0 aliphatic rings. The molecule has 6 rings (SSSR count). The summed E-state index contributed by atoms with van der Waals surface area (Å²) in [6, 6.07) is 9.78. The van der Waals surface area contributed by atoms with Gasteiger partial charge in [0.25, 0.3) is 11.1 Å². The molecule has 18 nitrogen and oxygen atoms in total. The second-order valence-electron chi connectivity index (χ2n) is 12.0. The molecule has 2 aromatic carbocycles. The van der Waals surface area contributed by atoms with Crippen LogP contribution >= 0.6 is 44.6 Å². The van der Waals surface area contributed by atoms with Crippen LogP contribution in [0.3, 0.4) is 0 Å². The normalized spacial score (nSPS) is 11.4. The summed E-state index contributed by atoms with van der Waals surface area (Å²) in [7, 11) is 6.51. The standard InChI is InChI=1S/C17H15Cl2N3O5S.C17H17N3O5S.CH4.Cl2O2S/c1-22-15-8(7-20-17(21-15)28(4,24)25)5-9(16(22)23)12-13(18)10(26-2)6-11(27-3)14(12)19;1-20-15-11(9-18-17(19-15)26(4,22)23)7-14(16(20)21)10-5-12(24-2)8-13(6-10)25-3;;1-5(2,3)4/h5-7H,1-4H3;5-9H,1-4H3;1H4;. The van der Waals surface area contributed by atoms with Crippen molar-refractivity contribution in [1.29, 1.82) is 0 Å². The molecule has 4 aromatic heterocycles. The Morgan fingerprint density at radius 2 is 0.950 bits per heavy atom. The van der Waals surface area contributed by atoms with E-state index in [1.165, 1.54) is 76.2 Å². The van der Waals surface area contributed by atoms with Gasteiger partial charge in [0.1, 0.15) is 34.3 Å². The van der Waals surface area contributed by atoms with Gasteiger partial charge in [0.05, 0.1) is 44.0 Å². The average Bonchev–Trinajstić information content (AvgIpc) is 3.16. The second kappa shape index (κ2) is 19.3. The molecule has 60 heavy (non-hydrogen) atoms. The van der Waals surface area contributed by atoms with E-state index in [1.807, 2.05) is 0 Å². The summed E-state index contributed by atoms with van der Waals surface area (Å²) in [5.74, 6) is 1.66. The fourth-order valence-electron chi connectivity index (χ4n) is 5.29. The van der Waals surface area contributed by atoms with Gasteiger partial charge < -0.3 is 18.9 Å². The van der Waals surface area contributed by atoms with E-state index >= 15 is 0 Å². The van der Waals surface area contributed by atoms with Gasteiger partial charge in [0.15, 0.2) is 0 Å². The van der Waals surface area contributed by atoms with E-state index in [0.29, 0.717) is 33.4 Å². The van der Waals surface area contributed by atoms with E-state index in [0.717, 1.165) is 12.5 Å². The number of sulfone groups is 2. The summed E-state index contributed by atoms with van der Waals surface area (Å²) in [5.41, 5.74) is 0.988. The monoisotopic (exact) mass is 968 g/mol. The van der Waals surface area contributed by atoms with Crippen LogP contribution in [0.25, 0.3) is 44.3 Å². The second-order valence-corrected chi connectivity index (χ2v) is 20.3. The number of ether oxygens (including phenoxy) is 4. The van der Waals surface area contributed by atoms with Crippen LogP contribution in [0.15, 0.2) is 68.7 Å². The average molecular weight is 971 g/mol. The van der Waals surface area contributed by atoms with Crippen LogP contribution in [0.2, 0.25) is 10.0 Å². The zero-order valence-corrected chi connectivity index (χ0v) is 37.4. The first-order valence-corrected chi connectivity index (χ1v) is 23.6. The lowest BCUT2D eigenvalue weighted by Crippen LogP contribution is -2.21. The Kier molecular flexibility index (Phi) is 16.0. The minimum Gasteiger partial charge on any atom is -0.497 e. The van der Waals surface area contributed by atoms with Crippen molar-refractivity contribution in [2.45, 2.75) is 17.7 Å². The lowest BCUT2D eigenvalue weighted by atomic mass is 10.0. The molecule has 4 heterocycles. The van der Waals surface area contributed by atoms with Crippen molar-refractivity contribution < 1.29 is 44.2 Å². The summed E-state index contributed by atoms with van der Waals surface area (Å²) in [4.78, 5) is 41.6. The Morgan fingerprint density at radius 1 is 0.583 bits per heavy atom. The number of nitrogens with zero attached hydrogens (tertiary/aromatic N) is 6. The van der Waals surface area contributed by atoms with Crippen molar-refractivity contribution in [3.63, 3.8) is 0 Å². The van der Waals surface area contributed by atoms with Gasteiger partial charge >= 0.3 is 8.26 Å². The Bertz CT molecular complexity index is 3040. The van der Waals surface area contributed by atoms with E-state index in [-0.39, 0.29) is 67.3 Å². The highest BCUT2D eigenvalue weighted by Gasteiger charge is 2.23. The topological polar surface area (TPSA) is 235 Å². The Hall–Kier alpha value is -4.77. The van der Waals surface area contributed by atoms with E-state index in [4.69, 9.17) is 50.6 Å². The molecule has 25 heteroatoms. The van der Waals surface area contributed by atoms with Gasteiger partial charge in [-0.25, -0.2) is 26.8 Å². The fraction of sp³-hybridized carbons (Fsp3) is 0.257. The van der Waals surface area contributed by atoms with E-state index in [9.17, 15) is 26.4 Å². The predicted molar refractivity (Wildman–Crippen MR) is 230 cm³/mol. The molecule has 0 radical (unpaired) electrons. The minimum absolute atomic E-state index is 0. The first-order chi connectivity index (χ1) is 27.3. The molecule has 0 saturated heterocycles. The van der Waals surface area contributed by atoms with Crippen molar-refractivity contribution >= 4 is 94.6 Å². The number of aryl methyl sites for hydroxylation is 2. The third-order valence-corrected chi connectivity index (χ3v) is 10.5. The van der Waals surface area contributed by atoms with Gasteiger partial charge in [-0.3, -0.25) is 18.7 Å². The van der Waals surface area contributed by atoms with Crippen molar-refractivity contribution in [3.8, 4) is 45.3 Å². The summed E-state index contributed by atoms with van der Waals surface area (Å²) in [6.07, 6.45) is 4.71. The largest absolute Gasteiger partial charge is 0.497 e. The van der Waals surface area contributed by atoms with Crippen LogP contribution < -0.4 is 30.1 Å². The SMILES string of the molecule is C.COc1cc(OC)c(Cl)c(-c2cc3cnc(S(C)(=O)=O)nc3n(C)c2=O)c1Cl.COc1cc(OC)cc(-c2cc3cnc(S(C)(=O)=O)nc3n(C)c2=O)c1.O=S(=O)(Cl)Cl. The Labute approximate surface area is 363 Å². The highest BCUT2D eigenvalue weighted by molar-refractivity contribution is 8.31. The van der Waals surface area contributed by atoms with Gasteiger partial charge in [-0.1, -0.05) is 30.6 Å². The third-order valence-electron chi connectivity index (χ3n) is 8.02. The van der Waals surface area contributed by atoms with Crippen LogP contribution in [0.5, 0.6) is 23.0 Å². The summed E-state index contributed by atoms with van der Waals surface area (Å²) < 4.78 is 88.6. The van der Waals surface area contributed by atoms with Crippen molar-refractivity contribution in [3.05, 3.63) is 79.5 Å². The van der Waals surface area contributed by atoms with E-state index < -0.39 is 33.5 Å². The van der Waals surface area contributed by atoms with Crippen molar-refractivity contribution in [1.82, 2.24) is 29.1 Å². The summed E-state index contributed by atoms with van der Waals surface area (Å²) in [5, 5.41) is 0.546. The maximum atomic E-state index is 13.0. The molecular formula is C35H36Cl4N6O12S3. The van der Waals surface area contributed by atoms with Gasteiger partial charge in [0, 0.05) is 94.4 Å². The zero-order chi connectivity index (χ0) is 44.4. The highest BCUT2D eigenvalue weighted by Crippen LogP contribution is 2.45. The number of rotatable bonds is 8. The summed E-state index contributed by atoms with van der Waals surface area (Å²) in [6.45, 7) is 0. The number of benzene rings is 2. The zero-order valence-electron chi connectivity index (χ0n) is 31.9. The molecular weight excluding hydrogens is 934 g/mol. The smallest absolute Gasteiger partial charge is 0.317 e. The van der Waals surface area contributed by atoms with Gasteiger partial charge in [-0.05, 0) is 29.8 Å². The number of hydrogen-bond acceptors (Lipinski definition) is 16. The molecule has 0 bridgehead atoms. The molecule has 0 aliphatic heterocycles. The minimum atomic E-state index is -3.72. The van der Waals surface area contributed by atoms with Gasteiger partial charge in [-0.2, -0.15) is 18.4 Å². The van der Waals surface area contributed by atoms with Crippen molar-refractivity contribution in [2.75, 3.05) is 41.0 Å². The fourth-order valence-corrected chi connectivity index (χ4v) is 6.99. The number of pyridine rings is 2. The molecule has 0 saturated carbocycles. The summed E-state index contributed by atoms with van der Waals surface area (Å²) >= 11 is 12.8. The molecule has 0 atom stereocenters. The Morgan fingerprint density at radius 3 is 1.30 bits per heavy atom. The lowest BCUT2D eigenvalue weighted by Gasteiger charge is -2.15. The van der Waals surface area contributed by atoms with Crippen LogP contribution in [0, 0.1) is 0 Å². The molecule has 0 N–H and O–H groups in total. The number of hydrogen-bond donors (Lipinski definition) is 0. The third kappa shape index (κ3) is 11.3. The number of halogens is 4. The van der Waals surface area contributed by atoms with Crippen molar-refractivity contribution in [2.24, 2.45) is 14.1 Å². The van der Waals surface area contributed by atoms with Gasteiger partial charge in [-0.15, -0.1) is 0 Å². The first-order valence-electron chi connectivity index (χ1n) is 16.0. The molecule has 0 aliphatic carbocycles. The van der Waals surface area contributed by atoms with Gasteiger partial charge in [0.2, 0.25) is 30.0 Å². The number of aromatic nitrogens is 6. The molecule has 0 amide bonds. The lowest BCUT2D eigenvalue weighted by molar-refractivity contribution is 0.394.